The predicted octanol–water partition coefficient (Wildman–Crippen LogP) is 3.67. The number of hydrogen-bond acceptors (Lipinski definition) is 6. The van der Waals surface area contributed by atoms with Crippen LogP contribution in [-0.2, 0) is 9.73 Å². The Morgan fingerprint density at radius 2 is 2.00 bits per heavy atom. The van der Waals surface area contributed by atoms with Crippen molar-refractivity contribution in [3.05, 3.63) is 42.4 Å². The van der Waals surface area contributed by atoms with E-state index in [1.54, 1.807) is 24.9 Å². The van der Waals surface area contributed by atoms with E-state index in [9.17, 15) is 13.0 Å². The molecule has 4 rings (SSSR count). The van der Waals surface area contributed by atoms with E-state index in [0.717, 1.165) is 18.7 Å². The van der Waals surface area contributed by atoms with E-state index < -0.39 is 16.2 Å². The average molecular weight is 435 g/mol. The van der Waals surface area contributed by atoms with E-state index in [0.29, 0.717) is 29.5 Å². The number of hydrogen-bond donors (Lipinski definition) is 0. The molecular weight excluding hydrogens is 410 g/mol. The largest absolute Gasteiger partial charge is 0.369 e. The number of nitrogens with zero attached hydrogens (tertiary/aromatic N) is 6. The Labute approximate surface area is 174 Å². The maximum atomic E-state index is 13.1. The Hall–Kier alpha value is -2.62. The number of halogens is 2. The van der Waals surface area contributed by atoms with Crippen molar-refractivity contribution in [3.63, 3.8) is 0 Å². The van der Waals surface area contributed by atoms with Gasteiger partial charge in [0, 0.05) is 47.2 Å². The summed E-state index contributed by atoms with van der Waals surface area (Å²) in [6.07, 6.45) is 4.84. The molecule has 0 amide bonds. The van der Waals surface area contributed by atoms with E-state index in [-0.39, 0.29) is 11.7 Å². The zero-order valence-electron chi connectivity index (χ0n) is 17.1. The molecule has 0 aliphatic carbocycles. The highest BCUT2D eigenvalue weighted by atomic mass is 32.2. The van der Waals surface area contributed by atoms with E-state index in [1.165, 1.54) is 16.6 Å². The minimum absolute atomic E-state index is 0.000992. The first-order valence-corrected chi connectivity index (χ1v) is 12.0. The lowest BCUT2D eigenvalue weighted by atomic mass is 9.96. The topological polar surface area (TPSA) is 75.8 Å². The molecule has 7 nitrogen and oxygen atoms in total. The molecule has 1 fully saturated rings. The lowest BCUT2D eigenvalue weighted by molar-refractivity contribution is 0.144. The molecule has 10 heteroatoms. The van der Waals surface area contributed by atoms with Gasteiger partial charge in [-0.25, -0.2) is 22.6 Å². The van der Waals surface area contributed by atoms with Gasteiger partial charge in [0.15, 0.2) is 5.65 Å². The van der Waals surface area contributed by atoms with Gasteiger partial charge in [0.1, 0.15) is 11.4 Å². The number of piperidine rings is 1. The van der Waals surface area contributed by atoms with E-state index in [1.807, 2.05) is 12.1 Å². The van der Waals surface area contributed by atoms with Gasteiger partial charge in [0.05, 0.1) is 17.9 Å². The first kappa shape index (κ1) is 20.6. The van der Waals surface area contributed by atoms with E-state index >= 15 is 0 Å². The highest BCUT2D eigenvalue weighted by molar-refractivity contribution is 7.92. The summed E-state index contributed by atoms with van der Waals surface area (Å²) in [6, 6.07) is 6.62. The smallest absolute Gasteiger partial charge is 0.282 e. The standard InChI is InChI=1S/C20H24F2N6OS/c1-13-8-14(26-30(2,3)29)12-27(11-13)15-6-7-23-17(9-15)18-10-24-19-5-4-16(20(21)22)25-28(18)19/h4-7,9-10,13-14,20H,8,11-12H2,1-3H3. The second kappa shape index (κ2) is 7.90. The fourth-order valence-corrected chi connectivity index (χ4v) is 4.77. The predicted molar refractivity (Wildman–Crippen MR) is 113 cm³/mol. The SMILES string of the molecule is CC1CC(N=S(C)(C)=O)CN(c2ccnc(-c3cnc4ccc(C(F)F)nn34)c2)C1. The minimum Gasteiger partial charge on any atom is -0.369 e. The number of alkyl halides is 2. The van der Waals surface area contributed by atoms with Crippen LogP contribution in [0.15, 0.2) is 41.0 Å². The molecule has 1 aliphatic heterocycles. The maximum absolute atomic E-state index is 13.1. The third kappa shape index (κ3) is 4.43. The molecule has 30 heavy (non-hydrogen) atoms. The molecule has 0 bridgehead atoms. The van der Waals surface area contributed by atoms with Crippen LogP contribution in [0.25, 0.3) is 17.0 Å². The van der Waals surface area contributed by atoms with Crippen molar-refractivity contribution in [1.82, 2.24) is 19.6 Å². The molecule has 0 saturated carbocycles. The van der Waals surface area contributed by atoms with Crippen LogP contribution in [0.3, 0.4) is 0 Å². The van der Waals surface area contributed by atoms with Gasteiger partial charge in [0.2, 0.25) is 0 Å². The van der Waals surface area contributed by atoms with Gasteiger partial charge in [0.25, 0.3) is 6.43 Å². The molecule has 1 aliphatic rings. The Morgan fingerprint density at radius 3 is 2.73 bits per heavy atom. The van der Waals surface area contributed by atoms with Crippen LogP contribution in [0.2, 0.25) is 0 Å². The van der Waals surface area contributed by atoms with E-state index in [4.69, 9.17) is 0 Å². The van der Waals surface area contributed by atoms with Crippen LogP contribution in [0.5, 0.6) is 0 Å². The molecule has 2 atom stereocenters. The fraction of sp³-hybridized carbons (Fsp3) is 0.450. The summed E-state index contributed by atoms with van der Waals surface area (Å²) in [5, 5.41) is 4.02. The Bertz CT molecular complexity index is 1180. The highest BCUT2D eigenvalue weighted by Crippen LogP contribution is 2.28. The van der Waals surface area contributed by atoms with Crippen molar-refractivity contribution in [2.45, 2.75) is 25.8 Å². The van der Waals surface area contributed by atoms with Crippen molar-refractivity contribution < 1.29 is 13.0 Å². The second-order valence-corrected chi connectivity index (χ2v) is 10.6. The summed E-state index contributed by atoms with van der Waals surface area (Å²) in [5.41, 5.74) is 2.26. The Morgan fingerprint density at radius 1 is 1.20 bits per heavy atom. The average Bonchev–Trinajstić information content (AvgIpc) is 3.09. The molecule has 3 aromatic heterocycles. The van der Waals surface area contributed by atoms with Crippen LogP contribution < -0.4 is 4.90 Å². The molecule has 0 aromatic carbocycles. The third-order valence-corrected chi connectivity index (χ3v) is 5.82. The summed E-state index contributed by atoms with van der Waals surface area (Å²) < 4.78 is 44.2. The summed E-state index contributed by atoms with van der Waals surface area (Å²) in [4.78, 5) is 10.9. The molecule has 1 saturated heterocycles. The summed E-state index contributed by atoms with van der Waals surface area (Å²) >= 11 is 0. The van der Waals surface area contributed by atoms with Crippen LogP contribution in [0.1, 0.15) is 25.5 Å². The minimum atomic E-state index is -2.66. The lowest BCUT2D eigenvalue weighted by Crippen LogP contribution is -2.42. The molecule has 160 valence electrons. The number of imidazole rings is 1. The first-order chi connectivity index (χ1) is 14.2. The van der Waals surface area contributed by atoms with Crippen molar-refractivity contribution >= 4 is 21.1 Å². The second-order valence-electron chi connectivity index (χ2n) is 8.06. The zero-order valence-corrected chi connectivity index (χ0v) is 17.9. The molecule has 2 unspecified atom stereocenters. The lowest BCUT2D eigenvalue weighted by Gasteiger charge is -2.36. The third-order valence-electron chi connectivity index (χ3n) is 5.02. The molecular formula is C20H24F2N6OS. The molecule has 0 spiro atoms. The number of fused-ring (bicyclic) bond motifs is 1. The van der Waals surface area contributed by atoms with Crippen LogP contribution >= 0.6 is 0 Å². The van der Waals surface area contributed by atoms with Crippen LogP contribution in [-0.4, -0.2) is 55.4 Å². The number of rotatable bonds is 4. The number of pyridine rings is 1. The summed E-state index contributed by atoms with van der Waals surface area (Å²) in [5.74, 6) is 0.400. The van der Waals surface area contributed by atoms with Gasteiger partial charge in [-0.05, 0) is 36.6 Å². The van der Waals surface area contributed by atoms with Crippen LogP contribution in [0, 0.1) is 5.92 Å². The quantitative estimate of drug-likeness (QED) is 0.626. The zero-order chi connectivity index (χ0) is 21.5. The van der Waals surface area contributed by atoms with Gasteiger partial charge in [-0.3, -0.25) is 9.19 Å². The van der Waals surface area contributed by atoms with Gasteiger partial charge >= 0.3 is 0 Å². The summed E-state index contributed by atoms with van der Waals surface area (Å²) in [6.45, 7) is 3.68. The highest BCUT2D eigenvalue weighted by Gasteiger charge is 2.26. The Kier molecular flexibility index (Phi) is 5.44. The van der Waals surface area contributed by atoms with E-state index in [2.05, 4.69) is 31.3 Å². The summed E-state index contributed by atoms with van der Waals surface area (Å²) in [7, 11) is -2.18. The first-order valence-electron chi connectivity index (χ1n) is 9.70. The Balaban J connectivity index is 1.69. The fourth-order valence-electron chi connectivity index (χ4n) is 3.90. The monoisotopic (exact) mass is 434 g/mol. The molecule has 3 aromatic rings. The van der Waals surface area contributed by atoms with Crippen molar-refractivity contribution in [1.29, 1.82) is 0 Å². The van der Waals surface area contributed by atoms with Gasteiger partial charge in [-0.1, -0.05) is 6.92 Å². The van der Waals surface area contributed by atoms with Crippen molar-refractivity contribution in [2.24, 2.45) is 10.3 Å². The van der Waals surface area contributed by atoms with Gasteiger partial charge in [-0.2, -0.15) is 5.10 Å². The number of anilines is 1. The van der Waals surface area contributed by atoms with Gasteiger partial charge < -0.3 is 4.90 Å². The van der Waals surface area contributed by atoms with Crippen LogP contribution in [0.4, 0.5) is 14.5 Å². The molecule has 4 heterocycles. The maximum Gasteiger partial charge on any atom is 0.282 e. The molecule has 0 radical (unpaired) electrons. The van der Waals surface area contributed by atoms with Gasteiger partial charge in [-0.15, -0.1) is 0 Å². The normalized spacial score (nSPS) is 20.1. The number of aromatic nitrogens is 4. The van der Waals surface area contributed by atoms with Crippen molar-refractivity contribution in [2.75, 3.05) is 30.5 Å². The van der Waals surface area contributed by atoms with Crippen molar-refractivity contribution in [3.8, 4) is 11.4 Å². The molecule has 0 N–H and O–H groups in total.